The number of ether oxygens (including phenoxy) is 1. The summed E-state index contributed by atoms with van der Waals surface area (Å²) in [5.41, 5.74) is 0.519. The molecule has 0 amide bonds. The van der Waals surface area contributed by atoms with Crippen LogP contribution in [-0.2, 0) is 0 Å². The summed E-state index contributed by atoms with van der Waals surface area (Å²) in [6, 6.07) is 10.6. The number of rotatable bonds is 2. The molecule has 0 heterocycles. The molecule has 0 saturated heterocycles. The fourth-order valence-electron chi connectivity index (χ4n) is 1.66. The van der Waals surface area contributed by atoms with Crippen molar-refractivity contribution in [1.82, 2.24) is 0 Å². The molecule has 0 atom stereocenters. The largest absolute Gasteiger partial charge is 0.497 e. The van der Waals surface area contributed by atoms with Crippen LogP contribution in [0.25, 0.3) is 16.8 Å². The molecule has 0 unspecified atom stereocenters. The van der Waals surface area contributed by atoms with Crippen molar-refractivity contribution in [3.05, 3.63) is 48.0 Å². The number of fused-ring (bicyclic) bond motifs is 1. The van der Waals surface area contributed by atoms with Crippen LogP contribution in [0.2, 0.25) is 0 Å². The molecule has 4 heteroatoms. The number of alkyl halides is 3. The quantitative estimate of drug-likeness (QED) is 0.768. The van der Waals surface area contributed by atoms with Gasteiger partial charge in [-0.05, 0) is 34.5 Å². The maximum Gasteiger partial charge on any atom is 0.409 e. The molecule has 94 valence electrons. The molecule has 0 fully saturated rings. The van der Waals surface area contributed by atoms with E-state index in [0.29, 0.717) is 5.56 Å². The third kappa shape index (κ3) is 3.03. The van der Waals surface area contributed by atoms with Crippen molar-refractivity contribution in [1.29, 1.82) is 0 Å². The zero-order valence-corrected chi connectivity index (χ0v) is 9.66. The van der Waals surface area contributed by atoms with Gasteiger partial charge in [0.1, 0.15) is 5.75 Å². The zero-order chi connectivity index (χ0) is 13.2. The Morgan fingerprint density at radius 1 is 1.00 bits per heavy atom. The van der Waals surface area contributed by atoms with Gasteiger partial charge in [0.2, 0.25) is 0 Å². The molecule has 0 spiro atoms. The van der Waals surface area contributed by atoms with Crippen LogP contribution in [0.5, 0.6) is 5.75 Å². The maximum atomic E-state index is 12.1. The highest BCUT2D eigenvalue weighted by atomic mass is 19.4. The van der Waals surface area contributed by atoms with E-state index < -0.39 is 6.18 Å². The Morgan fingerprint density at radius 2 is 1.67 bits per heavy atom. The van der Waals surface area contributed by atoms with Crippen molar-refractivity contribution in [2.45, 2.75) is 6.18 Å². The van der Waals surface area contributed by atoms with Crippen LogP contribution in [0.3, 0.4) is 0 Å². The van der Waals surface area contributed by atoms with Crippen molar-refractivity contribution in [2.24, 2.45) is 0 Å². The third-order valence-electron chi connectivity index (χ3n) is 2.54. The summed E-state index contributed by atoms with van der Waals surface area (Å²) in [5, 5.41) is 1.80. The van der Waals surface area contributed by atoms with Gasteiger partial charge in [-0.25, -0.2) is 0 Å². The predicted octanol–water partition coefficient (Wildman–Crippen LogP) is 4.42. The molecule has 2 aromatic carbocycles. The van der Waals surface area contributed by atoms with E-state index in [4.69, 9.17) is 4.74 Å². The second kappa shape index (κ2) is 4.72. The fraction of sp³-hybridized carbons (Fsp3) is 0.143. The predicted molar refractivity (Wildman–Crippen MR) is 65.6 cm³/mol. The Kier molecular flexibility index (Phi) is 3.28. The van der Waals surface area contributed by atoms with Crippen molar-refractivity contribution >= 4 is 16.8 Å². The number of methoxy groups -OCH3 is 1. The van der Waals surface area contributed by atoms with Crippen LogP contribution in [0.4, 0.5) is 13.2 Å². The number of hydrogen-bond acceptors (Lipinski definition) is 1. The number of allylic oxidation sites excluding steroid dienone is 1. The molecule has 0 aliphatic rings. The van der Waals surface area contributed by atoms with Crippen molar-refractivity contribution < 1.29 is 17.9 Å². The van der Waals surface area contributed by atoms with E-state index in [1.165, 1.54) is 0 Å². The van der Waals surface area contributed by atoms with Gasteiger partial charge >= 0.3 is 6.18 Å². The Morgan fingerprint density at radius 3 is 2.33 bits per heavy atom. The van der Waals surface area contributed by atoms with Gasteiger partial charge in [0.25, 0.3) is 0 Å². The van der Waals surface area contributed by atoms with Crippen molar-refractivity contribution in [3.63, 3.8) is 0 Å². The first-order valence-corrected chi connectivity index (χ1v) is 5.32. The molecule has 2 aromatic rings. The van der Waals surface area contributed by atoms with Gasteiger partial charge in [0, 0.05) is 6.08 Å². The van der Waals surface area contributed by atoms with E-state index in [-0.39, 0.29) is 6.08 Å². The molecule has 2 rings (SSSR count). The lowest BCUT2D eigenvalue weighted by atomic mass is 10.1. The summed E-state index contributed by atoms with van der Waals surface area (Å²) in [4.78, 5) is 0. The number of halogens is 3. The summed E-state index contributed by atoms with van der Waals surface area (Å²) in [7, 11) is 1.57. The van der Waals surface area contributed by atoms with Gasteiger partial charge in [-0.1, -0.05) is 24.3 Å². The summed E-state index contributed by atoms with van der Waals surface area (Å²) >= 11 is 0. The fourth-order valence-corrected chi connectivity index (χ4v) is 1.66. The molecular weight excluding hydrogens is 241 g/mol. The molecule has 0 bridgehead atoms. The van der Waals surface area contributed by atoms with Crippen LogP contribution in [0.15, 0.2) is 42.5 Å². The molecule has 0 radical (unpaired) electrons. The molecule has 0 saturated carbocycles. The maximum absolute atomic E-state index is 12.1. The minimum absolute atomic E-state index is 0.234. The molecule has 0 aliphatic carbocycles. The standard InChI is InChI=1S/C14H11F3O/c1-18-13-5-4-11-8-10(2-3-12(11)9-13)6-7-14(15,16)17/h2-9H,1H3/b7-6+. The summed E-state index contributed by atoms with van der Waals surface area (Å²) in [5.74, 6) is 0.723. The average Bonchev–Trinajstić information content (AvgIpc) is 2.34. The first kappa shape index (κ1) is 12.5. The van der Waals surface area contributed by atoms with Gasteiger partial charge in [-0.3, -0.25) is 0 Å². The van der Waals surface area contributed by atoms with E-state index >= 15 is 0 Å². The van der Waals surface area contributed by atoms with Gasteiger partial charge in [-0.2, -0.15) is 13.2 Å². The van der Waals surface area contributed by atoms with Gasteiger partial charge < -0.3 is 4.74 Å². The molecule has 0 aromatic heterocycles. The van der Waals surface area contributed by atoms with Crippen molar-refractivity contribution in [2.75, 3.05) is 7.11 Å². The lowest BCUT2D eigenvalue weighted by Crippen LogP contribution is -2.00. The van der Waals surface area contributed by atoms with E-state index in [0.717, 1.165) is 22.6 Å². The first-order chi connectivity index (χ1) is 8.48. The Hall–Kier alpha value is -1.97. The van der Waals surface area contributed by atoms with E-state index in [2.05, 4.69) is 0 Å². The topological polar surface area (TPSA) is 9.23 Å². The lowest BCUT2D eigenvalue weighted by Gasteiger charge is -2.04. The lowest BCUT2D eigenvalue weighted by molar-refractivity contribution is -0.0790. The summed E-state index contributed by atoms with van der Waals surface area (Å²) < 4.78 is 41.2. The highest BCUT2D eigenvalue weighted by Crippen LogP contribution is 2.23. The van der Waals surface area contributed by atoms with Gasteiger partial charge in [-0.15, -0.1) is 0 Å². The van der Waals surface area contributed by atoms with Crippen LogP contribution in [0.1, 0.15) is 5.56 Å². The van der Waals surface area contributed by atoms with Gasteiger partial charge in [0.15, 0.2) is 0 Å². The minimum atomic E-state index is -4.28. The van der Waals surface area contributed by atoms with Crippen LogP contribution >= 0.6 is 0 Å². The van der Waals surface area contributed by atoms with Crippen LogP contribution in [0, 0.1) is 0 Å². The van der Waals surface area contributed by atoms with E-state index in [9.17, 15) is 13.2 Å². The second-order valence-corrected chi connectivity index (χ2v) is 3.85. The molecule has 18 heavy (non-hydrogen) atoms. The Bertz CT molecular complexity index is 585. The Labute approximate surface area is 102 Å². The monoisotopic (exact) mass is 252 g/mol. The number of benzene rings is 2. The minimum Gasteiger partial charge on any atom is -0.497 e. The highest BCUT2D eigenvalue weighted by molar-refractivity contribution is 5.86. The second-order valence-electron chi connectivity index (χ2n) is 3.85. The normalized spacial score (nSPS) is 12.2. The smallest absolute Gasteiger partial charge is 0.409 e. The first-order valence-electron chi connectivity index (χ1n) is 5.32. The van der Waals surface area contributed by atoms with Crippen LogP contribution < -0.4 is 4.74 Å². The van der Waals surface area contributed by atoms with Crippen molar-refractivity contribution in [3.8, 4) is 5.75 Å². The van der Waals surface area contributed by atoms with E-state index in [1.807, 2.05) is 12.1 Å². The van der Waals surface area contributed by atoms with E-state index in [1.54, 1.807) is 31.4 Å². The summed E-state index contributed by atoms with van der Waals surface area (Å²) in [6.07, 6.45) is -2.99. The highest BCUT2D eigenvalue weighted by Gasteiger charge is 2.21. The molecular formula is C14H11F3O. The summed E-state index contributed by atoms with van der Waals surface area (Å²) in [6.45, 7) is 0. The average molecular weight is 252 g/mol. The molecule has 0 aliphatic heterocycles. The van der Waals surface area contributed by atoms with Gasteiger partial charge in [0.05, 0.1) is 7.11 Å². The number of hydrogen-bond donors (Lipinski definition) is 0. The molecule has 1 nitrogen and oxygen atoms in total. The molecule has 0 N–H and O–H groups in total. The van der Waals surface area contributed by atoms with Crippen LogP contribution in [-0.4, -0.2) is 13.3 Å². The SMILES string of the molecule is COc1ccc2cc(/C=C/C(F)(F)F)ccc2c1. The third-order valence-corrected chi connectivity index (χ3v) is 2.54. The zero-order valence-electron chi connectivity index (χ0n) is 9.66. The Balaban J connectivity index is 2.36.